The molecule has 1 N–H and O–H groups in total. The monoisotopic (exact) mass is 187 g/mol. The van der Waals surface area contributed by atoms with Gasteiger partial charge in [-0.1, -0.05) is 27.7 Å². The molecule has 80 valence electrons. The first-order valence-electron chi connectivity index (χ1n) is 5.15. The molecule has 0 aliphatic carbocycles. The third-order valence-corrected chi connectivity index (χ3v) is 3.68. The SMILES string of the molecule is CN[N+](C)(C)C(C)C(C)C(C)(C)C. The molecule has 2 nitrogen and oxygen atoms in total. The first kappa shape index (κ1) is 12.9. The Hall–Kier alpha value is -0.0800. The topological polar surface area (TPSA) is 12.0 Å². The average Bonchev–Trinajstić information content (AvgIpc) is 2.00. The summed E-state index contributed by atoms with van der Waals surface area (Å²) in [7, 11) is 6.45. The second kappa shape index (κ2) is 3.97. The van der Waals surface area contributed by atoms with E-state index in [1.54, 1.807) is 0 Å². The van der Waals surface area contributed by atoms with Gasteiger partial charge >= 0.3 is 0 Å². The van der Waals surface area contributed by atoms with Crippen LogP contribution in [0.25, 0.3) is 0 Å². The maximum Gasteiger partial charge on any atom is 0.106 e. The molecule has 0 rings (SSSR count). The van der Waals surface area contributed by atoms with E-state index in [1.165, 1.54) is 0 Å². The maximum atomic E-state index is 3.33. The summed E-state index contributed by atoms with van der Waals surface area (Å²) >= 11 is 0. The third-order valence-electron chi connectivity index (χ3n) is 3.68. The predicted molar refractivity (Wildman–Crippen MR) is 59.2 cm³/mol. The van der Waals surface area contributed by atoms with Crippen LogP contribution in [0.4, 0.5) is 0 Å². The summed E-state index contributed by atoms with van der Waals surface area (Å²) < 4.78 is 0.873. The number of rotatable bonds is 3. The first-order chi connectivity index (χ1) is 5.63. The summed E-state index contributed by atoms with van der Waals surface area (Å²) in [5.41, 5.74) is 3.71. The molecule has 0 spiro atoms. The van der Waals surface area contributed by atoms with Crippen molar-refractivity contribution in [3.05, 3.63) is 0 Å². The molecule has 0 bridgehead atoms. The molecule has 0 saturated heterocycles. The Bertz CT molecular complexity index is 156. The molecule has 0 aromatic heterocycles. The van der Waals surface area contributed by atoms with Gasteiger partial charge in [0, 0.05) is 13.0 Å². The molecule has 0 saturated carbocycles. The van der Waals surface area contributed by atoms with E-state index in [9.17, 15) is 0 Å². The van der Waals surface area contributed by atoms with Gasteiger partial charge in [0.2, 0.25) is 0 Å². The highest BCUT2D eigenvalue weighted by molar-refractivity contribution is 4.74. The minimum Gasteiger partial charge on any atom is -0.248 e. The third kappa shape index (κ3) is 3.28. The van der Waals surface area contributed by atoms with Gasteiger partial charge in [0.25, 0.3) is 0 Å². The van der Waals surface area contributed by atoms with E-state index in [0.717, 1.165) is 4.59 Å². The zero-order valence-corrected chi connectivity index (χ0v) is 10.6. The van der Waals surface area contributed by atoms with Crippen LogP contribution in [-0.2, 0) is 0 Å². The molecule has 13 heavy (non-hydrogen) atoms. The summed E-state index contributed by atoms with van der Waals surface area (Å²) in [6, 6.07) is 0.616. The molecular weight excluding hydrogens is 160 g/mol. The Labute approximate surface area is 83.9 Å². The Morgan fingerprint density at radius 1 is 1.08 bits per heavy atom. The van der Waals surface area contributed by atoms with Gasteiger partial charge in [-0.05, 0) is 12.3 Å². The Balaban J connectivity index is 4.52. The van der Waals surface area contributed by atoms with Crippen LogP contribution in [-0.4, -0.2) is 31.8 Å². The molecule has 0 aliphatic heterocycles. The fourth-order valence-corrected chi connectivity index (χ4v) is 1.49. The molecule has 2 atom stereocenters. The number of hydrogen-bond donors (Lipinski definition) is 1. The van der Waals surface area contributed by atoms with Crippen molar-refractivity contribution in [2.24, 2.45) is 11.3 Å². The van der Waals surface area contributed by atoms with Gasteiger partial charge in [-0.15, -0.1) is 0 Å². The molecule has 2 heteroatoms. The van der Waals surface area contributed by atoms with Crippen molar-refractivity contribution in [3.63, 3.8) is 0 Å². The van der Waals surface area contributed by atoms with Gasteiger partial charge in [-0.2, -0.15) is 5.43 Å². The summed E-state index contributed by atoms with van der Waals surface area (Å²) in [5, 5.41) is 0. The van der Waals surface area contributed by atoms with E-state index in [1.807, 2.05) is 7.05 Å². The Morgan fingerprint density at radius 2 is 1.46 bits per heavy atom. The van der Waals surface area contributed by atoms with Crippen molar-refractivity contribution < 1.29 is 4.59 Å². The zero-order chi connectivity index (χ0) is 10.9. The van der Waals surface area contributed by atoms with Crippen LogP contribution in [0.1, 0.15) is 34.6 Å². The van der Waals surface area contributed by atoms with Gasteiger partial charge in [0.1, 0.15) is 6.04 Å². The standard InChI is InChI=1S/C11H27N2/c1-9(11(3,4)5)10(2)13(7,8)12-6/h9-10,12H,1-8H3/q+1. The van der Waals surface area contributed by atoms with E-state index >= 15 is 0 Å². The number of nitrogens with zero attached hydrogens (tertiary/aromatic N) is 1. The van der Waals surface area contributed by atoms with Gasteiger partial charge in [0.05, 0.1) is 14.1 Å². The smallest absolute Gasteiger partial charge is 0.106 e. The normalized spacial score (nSPS) is 18.5. The number of nitrogens with one attached hydrogen (secondary N) is 1. The van der Waals surface area contributed by atoms with Crippen molar-refractivity contribution in [3.8, 4) is 0 Å². The Kier molecular flexibility index (Phi) is 3.95. The second-order valence-corrected chi connectivity index (χ2v) is 5.66. The summed E-state index contributed by atoms with van der Waals surface area (Å²) in [6.07, 6.45) is 0. The van der Waals surface area contributed by atoms with Crippen molar-refractivity contribution in [2.45, 2.75) is 40.7 Å². The molecule has 0 radical (unpaired) electrons. The molecule has 0 aliphatic rings. The zero-order valence-electron chi connectivity index (χ0n) is 10.6. The van der Waals surface area contributed by atoms with Crippen LogP contribution >= 0.6 is 0 Å². The van der Waals surface area contributed by atoms with E-state index < -0.39 is 0 Å². The second-order valence-electron chi connectivity index (χ2n) is 5.66. The summed E-state index contributed by atoms with van der Waals surface area (Å²) in [4.78, 5) is 0. The molecule has 0 fully saturated rings. The molecule has 0 heterocycles. The first-order valence-corrected chi connectivity index (χ1v) is 5.15. The molecule has 0 aromatic carbocycles. The maximum absolute atomic E-state index is 3.33. The number of quaternary nitrogens is 1. The highest BCUT2D eigenvalue weighted by Gasteiger charge is 2.35. The van der Waals surface area contributed by atoms with E-state index in [2.05, 4.69) is 54.1 Å². The lowest BCUT2D eigenvalue weighted by atomic mass is 9.77. The molecule has 0 aromatic rings. The highest BCUT2D eigenvalue weighted by Crippen LogP contribution is 2.31. The van der Waals surface area contributed by atoms with Crippen molar-refractivity contribution in [1.82, 2.24) is 5.43 Å². The molecular formula is C11H27N2+. The largest absolute Gasteiger partial charge is 0.248 e. The van der Waals surface area contributed by atoms with Gasteiger partial charge in [-0.3, -0.25) is 0 Å². The molecule has 0 amide bonds. The van der Waals surface area contributed by atoms with Crippen LogP contribution < -0.4 is 5.43 Å². The van der Waals surface area contributed by atoms with Crippen LogP contribution in [0.3, 0.4) is 0 Å². The quantitative estimate of drug-likeness (QED) is 0.528. The van der Waals surface area contributed by atoms with Gasteiger partial charge in [0.15, 0.2) is 0 Å². The lowest BCUT2D eigenvalue weighted by molar-refractivity contribution is -0.957. The van der Waals surface area contributed by atoms with E-state index in [4.69, 9.17) is 0 Å². The van der Waals surface area contributed by atoms with Crippen LogP contribution in [0, 0.1) is 11.3 Å². The van der Waals surface area contributed by atoms with Crippen molar-refractivity contribution >= 4 is 0 Å². The minimum absolute atomic E-state index is 0.381. The Morgan fingerprint density at radius 3 is 1.69 bits per heavy atom. The van der Waals surface area contributed by atoms with Crippen LogP contribution in [0.2, 0.25) is 0 Å². The lowest BCUT2D eigenvalue weighted by Gasteiger charge is -2.42. The fourth-order valence-electron chi connectivity index (χ4n) is 1.49. The van der Waals surface area contributed by atoms with Gasteiger partial charge < -0.3 is 0 Å². The van der Waals surface area contributed by atoms with E-state index in [0.29, 0.717) is 17.4 Å². The lowest BCUT2D eigenvalue weighted by Crippen LogP contribution is -2.59. The average molecular weight is 187 g/mol. The summed E-state index contributed by atoms with van der Waals surface area (Å²) in [6.45, 7) is 11.6. The fraction of sp³-hybridized carbons (Fsp3) is 1.00. The summed E-state index contributed by atoms with van der Waals surface area (Å²) in [5.74, 6) is 0.690. The minimum atomic E-state index is 0.381. The van der Waals surface area contributed by atoms with Crippen LogP contribution in [0.15, 0.2) is 0 Å². The number of hydrogen-bond acceptors (Lipinski definition) is 1. The van der Waals surface area contributed by atoms with Gasteiger partial charge in [-0.25, -0.2) is 4.59 Å². The highest BCUT2D eigenvalue weighted by atomic mass is 15.6. The van der Waals surface area contributed by atoms with E-state index in [-0.39, 0.29) is 0 Å². The van der Waals surface area contributed by atoms with Crippen molar-refractivity contribution in [2.75, 3.05) is 21.1 Å². The van der Waals surface area contributed by atoms with Crippen molar-refractivity contribution in [1.29, 1.82) is 0 Å². The van der Waals surface area contributed by atoms with Crippen LogP contribution in [0.5, 0.6) is 0 Å². The predicted octanol–water partition coefficient (Wildman–Crippen LogP) is 2.27. The molecule has 2 unspecified atom stereocenters.